The number of benzene rings is 1. The van der Waals surface area contributed by atoms with Crippen molar-refractivity contribution in [3.63, 3.8) is 0 Å². The summed E-state index contributed by atoms with van der Waals surface area (Å²) in [6.45, 7) is 2.21. The number of pyridine rings is 1. The Kier molecular flexibility index (Phi) is 6.92. The van der Waals surface area contributed by atoms with E-state index in [1.807, 2.05) is 12.1 Å². The molecular formula is C20H24FNO. The smallest absolute Gasteiger partial charge is 0.151 e. The zero-order chi connectivity index (χ0) is 16.5. The van der Waals surface area contributed by atoms with Crippen LogP contribution in [0, 0.1) is 5.82 Å². The van der Waals surface area contributed by atoms with Gasteiger partial charge in [0.25, 0.3) is 0 Å². The molecule has 23 heavy (non-hydrogen) atoms. The summed E-state index contributed by atoms with van der Waals surface area (Å²) in [5.41, 5.74) is 2.72. The first-order valence-corrected chi connectivity index (χ1v) is 8.44. The maximum absolute atomic E-state index is 14.2. The van der Waals surface area contributed by atoms with Crippen molar-refractivity contribution in [2.24, 2.45) is 0 Å². The van der Waals surface area contributed by atoms with Gasteiger partial charge in [-0.2, -0.15) is 0 Å². The van der Waals surface area contributed by atoms with E-state index in [0.29, 0.717) is 11.3 Å². The Hall–Kier alpha value is -2.03. The lowest BCUT2D eigenvalue weighted by molar-refractivity contribution is 0.112. The monoisotopic (exact) mass is 313 g/mol. The van der Waals surface area contributed by atoms with Crippen molar-refractivity contribution in [2.75, 3.05) is 0 Å². The number of aromatic nitrogens is 1. The maximum atomic E-state index is 14.2. The summed E-state index contributed by atoms with van der Waals surface area (Å²) < 4.78 is 14.2. The molecule has 0 saturated carbocycles. The highest BCUT2D eigenvalue weighted by molar-refractivity contribution is 5.75. The molecule has 0 aliphatic heterocycles. The van der Waals surface area contributed by atoms with Crippen LogP contribution in [-0.2, 0) is 6.42 Å². The van der Waals surface area contributed by atoms with Crippen molar-refractivity contribution >= 4 is 6.29 Å². The molecule has 0 N–H and O–H groups in total. The van der Waals surface area contributed by atoms with E-state index < -0.39 is 0 Å². The van der Waals surface area contributed by atoms with Gasteiger partial charge in [-0.25, -0.2) is 4.39 Å². The fourth-order valence-corrected chi connectivity index (χ4v) is 2.65. The lowest BCUT2D eigenvalue weighted by atomic mass is 10.0. The first kappa shape index (κ1) is 17.3. The van der Waals surface area contributed by atoms with Gasteiger partial charge in [0, 0.05) is 17.3 Å². The van der Waals surface area contributed by atoms with Crippen LogP contribution in [-0.4, -0.2) is 11.3 Å². The van der Waals surface area contributed by atoms with Crippen molar-refractivity contribution in [3.8, 4) is 11.3 Å². The molecule has 2 nitrogen and oxygen atoms in total. The zero-order valence-electron chi connectivity index (χ0n) is 13.7. The number of hydrogen-bond donors (Lipinski definition) is 0. The van der Waals surface area contributed by atoms with Gasteiger partial charge in [0.1, 0.15) is 5.82 Å². The molecule has 0 bridgehead atoms. The molecule has 2 rings (SSSR count). The lowest BCUT2D eigenvalue weighted by Crippen LogP contribution is -1.93. The lowest BCUT2D eigenvalue weighted by Gasteiger charge is -2.06. The number of nitrogens with zero attached hydrogens (tertiary/aromatic N) is 1. The second-order valence-electron chi connectivity index (χ2n) is 5.92. The Labute approximate surface area is 137 Å². The molecule has 0 saturated heterocycles. The van der Waals surface area contributed by atoms with Crippen LogP contribution in [0.15, 0.2) is 36.5 Å². The highest BCUT2D eigenvalue weighted by atomic mass is 19.1. The summed E-state index contributed by atoms with van der Waals surface area (Å²) in [6, 6.07) is 8.73. The van der Waals surface area contributed by atoms with Crippen LogP contribution in [0.3, 0.4) is 0 Å². The van der Waals surface area contributed by atoms with Crippen molar-refractivity contribution in [1.82, 2.24) is 4.98 Å². The fraction of sp³-hybridized carbons (Fsp3) is 0.400. The Bertz CT molecular complexity index is 622. The van der Waals surface area contributed by atoms with Crippen molar-refractivity contribution in [2.45, 2.75) is 51.9 Å². The molecule has 0 aliphatic rings. The number of hydrogen-bond acceptors (Lipinski definition) is 2. The van der Waals surface area contributed by atoms with Gasteiger partial charge in [-0.05, 0) is 36.6 Å². The molecule has 0 atom stereocenters. The summed E-state index contributed by atoms with van der Waals surface area (Å²) >= 11 is 0. The number of carbonyl (C=O) groups excluding carboxylic acids is 1. The minimum atomic E-state index is -0.169. The molecule has 0 amide bonds. The second kappa shape index (κ2) is 9.19. The molecule has 0 fully saturated rings. The third-order valence-corrected chi connectivity index (χ3v) is 4.07. The number of halogens is 1. The molecule has 3 heteroatoms. The fourth-order valence-electron chi connectivity index (χ4n) is 2.65. The number of rotatable bonds is 9. The molecule has 0 radical (unpaired) electrons. The Balaban J connectivity index is 1.93. The van der Waals surface area contributed by atoms with E-state index in [1.165, 1.54) is 37.9 Å². The minimum absolute atomic E-state index is 0.169. The molecule has 0 spiro atoms. The Morgan fingerprint density at radius 2 is 1.83 bits per heavy atom. The molecule has 1 aromatic heterocycles. The molecular weight excluding hydrogens is 289 g/mol. The van der Waals surface area contributed by atoms with Gasteiger partial charge in [0.2, 0.25) is 0 Å². The summed E-state index contributed by atoms with van der Waals surface area (Å²) in [7, 11) is 0. The second-order valence-corrected chi connectivity index (χ2v) is 5.92. The summed E-state index contributed by atoms with van der Waals surface area (Å²) in [5.74, 6) is -0.169. The normalized spacial score (nSPS) is 10.7. The first-order chi connectivity index (χ1) is 11.2. The third kappa shape index (κ3) is 5.27. The van der Waals surface area contributed by atoms with Crippen LogP contribution < -0.4 is 0 Å². The minimum Gasteiger partial charge on any atom is -0.298 e. The Morgan fingerprint density at radius 1 is 1.04 bits per heavy atom. The molecule has 2 aromatic rings. The number of aryl methyl sites for hydroxylation is 1. The van der Waals surface area contributed by atoms with Crippen LogP contribution in [0.5, 0.6) is 0 Å². The van der Waals surface area contributed by atoms with Gasteiger partial charge in [-0.15, -0.1) is 0 Å². The van der Waals surface area contributed by atoms with E-state index in [9.17, 15) is 9.18 Å². The summed E-state index contributed by atoms with van der Waals surface area (Å²) in [4.78, 5) is 14.8. The molecule has 0 aliphatic carbocycles. The molecule has 122 valence electrons. The topological polar surface area (TPSA) is 30.0 Å². The van der Waals surface area contributed by atoms with Crippen LogP contribution in [0.25, 0.3) is 11.3 Å². The first-order valence-electron chi connectivity index (χ1n) is 8.44. The zero-order valence-corrected chi connectivity index (χ0v) is 13.7. The molecule has 1 aromatic carbocycles. The van der Waals surface area contributed by atoms with E-state index in [4.69, 9.17) is 0 Å². The number of aldehydes is 1. The highest BCUT2D eigenvalue weighted by Crippen LogP contribution is 2.21. The molecule has 0 unspecified atom stereocenters. The van der Waals surface area contributed by atoms with Gasteiger partial charge in [0.15, 0.2) is 6.29 Å². The number of carbonyl (C=O) groups is 1. The van der Waals surface area contributed by atoms with Gasteiger partial charge >= 0.3 is 0 Å². The average Bonchev–Trinajstić information content (AvgIpc) is 2.59. The number of unbranched alkanes of at least 4 members (excludes halogenated alkanes) is 5. The van der Waals surface area contributed by atoms with Crippen LogP contribution in [0.4, 0.5) is 4.39 Å². The van der Waals surface area contributed by atoms with E-state index in [2.05, 4.69) is 11.9 Å². The van der Waals surface area contributed by atoms with Crippen LogP contribution in [0.1, 0.15) is 61.4 Å². The van der Waals surface area contributed by atoms with Crippen LogP contribution >= 0.6 is 0 Å². The summed E-state index contributed by atoms with van der Waals surface area (Å²) in [6.07, 6.45) is 10.3. The van der Waals surface area contributed by atoms with Crippen LogP contribution in [0.2, 0.25) is 0 Å². The molecule has 1 heterocycles. The van der Waals surface area contributed by atoms with Crippen molar-refractivity contribution < 1.29 is 9.18 Å². The summed E-state index contributed by atoms with van der Waals surface area (Å²) in [5, 5.41) is 0. The Morgan fingerprint density at radius 3 is 2.48 bits per heavy atom. The van der Waals surface area contributed by atoms with E-state index in [1.54, 1.807) is 12.1 Å². The predicted molar refractivity (Wildman–Crippen MR) is 92.1 cm³/mol. The SMILES string of the molecule is CCCCCCCCc1ccc(-c2ccc(C=O)cn2)cc1F. The van der Waals surface area contributed by atoms with E-state index in [0.717, 1.165) is 36.7 Å². The third-order valence-electron chi connectivity index (χ3n) is 4.07. The van der Waals surface area contributed by atoms with Crippen molar-refractivity contribution in [3.05, 3.63) is 53.5 Å². The highest BCUT2D eigenvalue weighted by Gasteiger charge is 2.06. The van der Waals surface area contributed by atoms with E-state index >= 15 is 0 Å². The van der Waals surface area contributed by atoms with Crippen molar-refractivity contribution in [1.29, 1.82) is 0 Å². The van der Waals surface area contributed by atoms with Gasteiger partial charge < -0.3 is 0 Å². The predicted octanol–water partition coefficient (Wildman–Crippen LogP) is 5.60. The van der Waals surface area contributed by atoms with Gasteiger partial charge in [-0.3, -0.25) is 9.78 Å². The van der Waals surface area contributed by atoms with Gasteiger partial charge in [-0.1, -0.05) is 51.2 Å². The standard InChI is InChI=1S/C20H24FNO/c1-2-3-4-5-6-7-8-17-10-11-18(13-19(17)21)20-12-9-16(15-23)14-22-20/h9-15H,2-8H2,1H3. The maximum Gasteiger partial charge on any atom is 0.151 e. The van der Waals surface area contributed by atoms with E-state index in [-0.39, 0.29) is 5.82 Å². The average molecular weight is 313 g/mol. The quantitative estimate of drug-likeness (QED) is 0.445. The largest absolute Gasteiger partial charge is 0.298 e. The van der Waals surface area contributed by atoms with Gasteiger partial charge in [0.05, 0.1) is 5.69 Å².